The van der Waals surface area contributed by atoms with Crippen LogP contribution in [0.2, 0.25) is 0 Å². The molecule has 0 saturated carbocycles. The van der Waals surface area contributed by atoms with Gasteiger partial charge in [-0.2, -0.15) is 11.3 Å². The number of rotatable bonds is 3. The second-order valence-corrected chi connectivity index (χ2v) is 4.77. The van der Waals surface area contributed by atoms with Crippen molar-refractivity contribution in [3.8, 4) is 0 Å². The van der Waals surface area contributed by atoms with Crippen molar-refractivity contribution in [2.75, 3.05) is 6.54 Å². The summed E-state index contributed by atoms with van der Waals surface area (Å²) in [4.78, 5) is 0. The van der Waals surface area contributed by atoms with Crippen LogP contribution in [-0.4, -0.2) is 6.54 Å². The summed E-state index contributed by atoms with van der Waals surface area (Å²) in [6, 6.07) is 0. The molecule has 2 N–H and O–H groups in total. The highest BCUT2D eigenvalue weighted by Gasteiger charge is 2.15. The van der Waals surface area contributed by atoms with Crippen LogP contribution in [0.5, 0.6) is 0 Å². The lowest BCUT2D eigenvalue weighted by Gasteiger charge is -2.17. The zero-order valence-electron chi connectivity index (χ0n) is 7.38. The molecule has 0 saturated heterocycles. The van der Waals surface area contributed by atoms with Crippen molar-refractivity contribution < 1.29 is 0 Å². The Morgan fingerprint density at radius 2 is 2.17 bits per heavy atom. The zero-order chi connectivity index (χ0) is 9.14. The summed E-state index contributed by atoms with van der Waals surface area (Å²) >= 11 is 5.27. The Kier molecular flexibility index (Phi) is 3.75. The smallest absolute Gasteiger partial charge is 0.0317 e. The van der Waals surface area contributed by atoms with Crippen molar-refractivity contribution in [1.29, 1.82) is 0 Å². The number of nitrogens with two attached hydrogens (primary N) is 1. The Labute approximate surface area is 86.1 Å². The molecule has 0 aliphatic heterocycles. The van der Waals surface area contributed by atoms with Crippen molar-refractivity contribution in [2.45, 2.75) is 19.8 Å². The van der Waals surface area contributed by atoms with Crippen LogP contribution in [0.1, 0.15) is 25.3 Å². The summed E-state index contributed by atoms with van der Waals surface area (Å²) in [5.41, 5.74) is 7.00. The third-order valence-corrected chi connectivity index (χ3v) is 4.11. The molecule has 12 heavy (non-hydrogen) atoms. The van der Waals surface area contributed by atoms with Gasteiger partial charge in [-0.05, 0) is 45.3 Å². The zero-order valence-corrected chi connectivity index (χ0v) is 9.78. The molecular formula is C9H14BrNS. The summed E-state index contributed by atoms with van der Waals surface area (Å²) in [6.45, 7) is 5.17. The van der Waals surface area contributed by atoms with Gasteiger partial charge in [0.15, 0.2) is 0 Å². The first kappa shape index (κ1) is 10.2. The summed E-state index contributed by atoms with van der Waals surface area (Å²) in [5, 5.41) is 4.32. The van der Waals surface area contributed by atoms with E-state index < -0.39 is 0 Å². The van der Waals surface area contributed by atoms with Crippen molar-refractivity contribution in [2.24, 2.45) is 11.7 Å². The van der Waals surface area contributed by atoms with Crippen LogP contribution < -0.4 is 5.73 Å². The average molecular weight is 248 g/mol. The van der Waals surface area contributed by atoms with Gasteiger partial charge in [0, 0.05) is 9.85 Å². The molecule has 0 spiro atoms. The molecule has 1 aromatic rings. The maximum Gasteiger partial charge on any atom is 0.0317 e. The van der Waals surface area contributed by atoms with Crippen LogP contribution in [0, 0.1) is 5.92 Å². The molecule has 0 aliphatic rings. The predicted molar refractivity (Wildman–Crippen MR) is 58.7 cm³/mol. The molecule has 1 heterocycles. The molecule has 2 unspecified atom stereocenters. The standard InChI is InChI=1S/C9H14BrNS/c1-6(3-11)7(2)8-4-12-5-9(8)10/h4-7H,3,11H2,1-2H3. The van der Waals surface area contributed by atoms with Crippen molar-refractivity contribution in [3.63, 3.8) is 0 Å². The molecule has 3 heteroatoms. The van der Waals surface area contributed by atoms with Crippen LogP contribution in [-0.2, 0) is 0 Å². The topological polar surface area (TPSA) is 26.0 Å². The third-order valence-electron chi connectivity index (χ3n) is 2.36. The van der Waals surface area contributed by atoms with Crippen LogP contribution >= 0.6 is 27.3 Å². The Morgan fingerprint density at radius 1 is 1.50 bits per heavy atom. The Morgan fingerprint density at radius 3 is 2.58 bits per heavy atom. The Bertz CT molecular complexity index is 246. The first-order valence-electron chi connectivity index (χ1n) is 4.08. The SMILES string of the molecule is CC(CN)C(C)c1cscc1Br. The van der Waals surface area contributed by atoms with Gasteiger partial charge in [-0.1, -0.05) is 13.8 Å². The van der Waals surface area contributed by atoms with Gasteiger partial charge in [0.2, 0.25) is 0 Å². The molecule has 0 aromatic carbocycles. The fraction of sp³-hybridized carbons (Fsp3) is 0.556. The lowest BCUT2D eigenvalue weighted by molar-refractivity contribution is 0.499. The highest BCUT2D eigenvalue weighted by atomic mass is 79.9. The molecule has 2 atom stereocenters. The van der Waals surface area contributed by atoms with Gasteiger partial charge >= 0.3 is 0 Å². The molecule has 0 aliphatic carbocycles. The quantitative estimate of drug-likeness (QED) is 0.873. The third kappa shape index (κ3) is 2.09. The maximum absolute atomic E-state index is 5.62. The Hall–Kier alpha value is 0.140. The minimum Gasteiger partial charge on any atom is -0.330 e. The predicted octanol–water partition coefficient (Wildman–Crippen LogP) is 3.21. The van der Waals surface area contributed by atoms with Crippen molar-refractivity contribution >= 4 is 27.3 Å². The van der Waals surface area contributed by atoms with Gasteiger partial charge < -0.3 is 5.73 Å². The van der Waals surface area contributed by atoms with E-state index in [0.29, 0.717) is 11.8 Å². The molecule has 0 amide bonds. The summed E-state index contributed by atoms with van der Waals surface area (Å²) in [5.74, 6) is 1.10. The van der Waals surface area contributed by atoms with Gasteiger partial charge in [0.25, 0.3) is 0 Å². The monoisotopic (exact) mass is 247 g/mol. The second kappa shape index (κ2) is 4.40. The maximum atomic E-state index is 5.62. The van der Waals surface area contributed by atoms with E-state index in [1.807, 2.05) is 0 Å². The Balaban J connectivity index is 2.77. The van der Waals surface area contributed by atoms with E-state index in [0.717, 1.165) is 6.54 Å². The van der Waals surface area contributed by atoms with Gasteiger partial charge in [-0.3, -0.25) is 0 Å². The first-order valence-corrected chi connectivity index (χ1v) is 5.82. The normalized spacial score (nSPS) is 16.0. The molecule has 1 nitrogen and oxygen atoms in total. The van der Waals surface area contributed by atoms with E-state index in [4.69, 9.17) is 5.73 Å². The van der Waals surface area contributed by atoms with Crippen molar-refractivity contribution in [3.05, 3.63) is 20.8 Å². The average Bonchev–Trinajstić information content (AvgIpc) is 2.48. The molecular weight excluding hydrogens is 234 g/mol. The molecule has 0 bridgehead atoms. The highest BCUT2D eigenvalue weighted by molar-refractivity contribution is 9.10. The van der Waals surface area contributed by atoms with Gasteiger partial charge in [-0.25, -0.2) is 0 Å². The van der Waals surface area contributed by atoms with E-state index in [9.17, 15) is 0 Å². The number of hydrogen-bond acceptors (Lipinski definition) is 2. The van der Waals surface area contributed by atoms with Gasteiger partial charge in [0.05, 0.1) is 0 Å². The van der Waals surface area contributed by atoms with Crippen LogP contribution in [0.3, 0.4) is 0 Å². The van der Waals surface area contributed by atoms with Crippen molar-refractivity contribution in [1.82, 2.24) is 0 Å². The summed E-state index contributed by atoms with van der Waals surface area (Å²) in [6.07, 6.45) is 0. The number of halogens is 1. The highest BCUT2D eigenvalue weighted by Crippen LogP contribution is 2.32. The largest absolute Gasteiger partial charge is 0.330 e. The molecule has 1 aromatic heterocycles. The lowest BCUT2D eigenvalue weighted by atomic mass is 9.91. The lowest BCUT2D eigenvalue weighted by Crippen LogP contribution is -2.16. The van der Waals surface area contributed by atoms with Gasteiger partial charge in [0.1, 0.15) is 0 Å². The van der Waals surface area contributed by atoms with Crippen LogP contribution in [0.15, 0.2) is 15.2 Å². The van der Waals surface area contributed by atoms with E-state index >= 15 is 0 Å². The fourth-order valence-electron chi connectivity index (χ4n) is 1.13. The fourth-order valence-corrected chi connectivity index (χ4v) is 2.89. The van der Waals surface area contributed by atoms with E-state index in [2.05, 4.69) is 40.5 Å². The molecule has 0 radical (unpaired) electrons. The minimum atomic E-state index is 0.552. The second-order valence-electron chi connectivity index (χ2n) is 3.18. The van der Waals surface area contributed by atoms with Gasteiger partial charge in [-0.15, -0.1) is 0 Å². The summed E-state index contributed by atoms with van der Waals surface area (Å²) < 4.78 is 1.22. The summed E-state index contributed by atoms with van der Waals surface area (Å²) in [7, 11) is 0. The number of hydrogen-bond donors (Lipinski definition) is 1. The van der Waals surface area contributed by atoms with E-state index in [-0.39, 0.29) is 0 Å². The van der Waals surface area contributed by atoms with E-state index in [1.165, 1.54) is 10.0 Å². The molecule has 1 rings (SSSR count). The van der Waals surface area contributed by atoms with Crippen LogP contribution in [0.4, 0.5) is 0 Å². The molecule has 68 valence electrons. The van der Waals surface area contributed by atoms with E-state index in [1.54, 1.807) is 11.3 Å². The van der Waals surface area contributed by atoms with Crippen LogP contribution in [0.25, 0.3) is 0 Å². The number of thiophene rings is 1. The molecule has 0 fully saturated rings. The first-order chi connectivity index (χ1) is 5.66. The minimum absolute atomic E-state index is 0.552.